The molecule has 0 unspecified atom stereocenters. The summed E-state index contributed by atoms with van der Waals surface area (Å²) < 4.78 is 12.5. The summed E-state index contributed by atoms with van der Waals surface area (Å²) >= 11 is 0. The minimum Gasteiger partial charge on any atom is -0.396 e. The van der Waals surface area contributed by atoms with Gasteiger partial charge in [-0.05, 0) is 12.5 Å². The number of nitrogens with two attached hydrogens (primary N) is 1. The minimum atomic E-state index is -1.90. The van der Waals surface area contributed by atoms with Crippen LogP contribution in [0.4, 0.5) is 5.82 Å². The van der Waals surface area contributed by atoms with E-state index in [-0.39, 0.29) is 25.5 Å². The second-order valence-electron chi connectivity index (χ2n) is 6.56. The zero-order valence-electron chi connectivity index (χ0n) is 13.9. The molecule has 1 aromatic rings. The first-order valence-corrected chi connectivity index (χ1v) is 8.26. The molecular formula is C15H23N3O8. The summed E-state index contributed by atoms with van der Waals surface area (Å²) in [6.45, 7) is -1.26. The number of ether oxygens (including phenoxy) is 2. The number of nitrogen functional groups attached to an aromatic ring is 1. The average molecular weight is 373 g/mol. The van der Waals surface area contributed by atoms with Gasteiger partial charge >= 0.3 is 5.69 Å². The number of anilines is 1. The van der Waals surface area contributed by atoms with Crippen molar-refractivity contribution in [1.82, 2.24) is 9.55 Å². The molecule has 2 fully saturated rings. The largest absolute Gasteiger partial charge is 0.396 e. The second-order valence-corrected chi connectivity index (χ2v) is 6.56. The SMILES string of the molecule is Nc1ccn([C@]2([C@H]3C[C@H](CO)[C@@H](CO)O3)O[C@H](CO)[C@@H](O)[C@H]2O)c(=O)n1. The predicted molar refractivity (Wildman–Crippen MR) is 85.8 cm³/mol. The molecule has 2 saturated heterocycles. The summed E-state index contributed by atoms with van der Waals surface area (Å²) in [6.07, 6.45) is -4.64. The summed E-state index contributed by atoms with van der Waals surface area (Å²) in [4.78, 5) is 16.0. The molecule has 0 aliphatic carbocycles. The summed E-state index contributed by atoms with van der Waals surface area (Å²) in [5, 5.41) is 49.4. The third-order valence-electron chi connectivity index (χ3n) is 5.11. The van der Waals surface area contributed by atoms with E-state index >= 15 is 0 Å². The fourth-order valence-electron chi connectivity index (χ4n) is 3.73. The van der Waals surface area contributed by atoms with Crippen LogP contribution in [0.25, 0.3) is 0 Å². The maximum atomic E-state index is 12.4. The van der Waals surface area contributed by atoms with Crippen molar-refractivity contribution < 1.29 is 35.0 Å². The van der Waals surface area contributed by atoms with Crippen molar-refractivity contribution in [1.29, 1.82) is 0 Å². The molecule has 7 atom stereocenters. The van der Waals surface area contributed by atoms with Gasteiger partial charge in [-0.25, -0.2) is 4.79 Å². The van der Waals surface area contributed by atoms with Crippen molar-refractivity contribution >= 4 is 5.82 Å². The molecule has 0 amide bonds. The topological polar surface area (TPSA) is 181 Å². The van der Waals surface area contributed by atoms with E-state index in [4.69, 9.17) is 15.2 Å². The highest BCUT2D eigenvalue weighted by Crippen LogP contribution is 2.44. The van der Waals surface area contributed by atoms with Gasteiger partial charge in [0.2, 0.25) is 5.72 Å². The second kappa shape index (κ2) is 7.19. The van der Waals surface area contributed by atoms with Crippen LogP contribution in [0.2, 0.25) is 0 Å². The van der Waals surface area contributed by atoms with Gasteiger partial charge in [-0.3, -0.25) is 4.57 Å². The van der Waals surface area contributed by atoms with E-state index in [0.29, 0.717) is 0 Å². The van der Waals surface area contributed by atoms with Crippen LogP contribution in [0.3, 0.4) is 0 Å². The van der Waals surface area contributed by atoms with Gasteiger partial charge in [-0.1, -0.05) is 0 Å². The first-order chi connectivity index (χ1) is 12.4. The smallest absolute Gasteiger partial charge is 0.352 e. The maximum absolute atomic E-state index is 12.4. The van der Waals surface area contributed by atoms with Crippen LogP contribution in [0, 0.1) is 5.92 Å². The molecule has 0 saturated carbocycles. The molecule has 0 aromatic carbocycles. The van der Waals surface area contributed by atoms with E-state index in [2.05, 4.69) is 4.98 Å². The Morgan fingerprint density at radius 1 is 1.23 bits per heavy atom. The number of aliphatic hydroxyl groups excluding tert-OH is 5. The Bertz CT molecular complexity index is 688. The highest BCUT2D eigenvalue weighted by Gasteiger charge is 2.63. The van der Waals surface area contributed by atoms with E-state index in [0.717, 1.165) is 4.57 Å². The third kappa shape index (κ3) is 2.81. The Labute approximate surface area is 148 Å². The number of rotatable bonds is 5. The number of nitrogens with zero attached hydrogens (tertiary/aromatic N) is 2. The van der Waals surface area contributed by atoms with Crippen LogP contribution in [0.5, 0.6) is 0 Å². The summed E-state index contributed by atoms with van der Waals surface area (Å²) in [6, 6.07) is 1.32. The van der Waals surface area contributed by atoms with Crippen LogP contribution >= 0.6 is 0 Å². The summed E-state index contributed by atoms with van der Waals surface area (Å²) in [7, 11) is 0. The van der Waals surface area contributed by atoms with Crippen molar-refractivity contribution in [3.05, 3.63) is 22.7 Å². The summed E-state index contributed by atoms with van der Waals surface area (Å²) in [5.41, 5.74) is 2.77. The molecule has 7 N–H and O–H groups in total. The van der Waals surface area contributed by atoms with Gasteiger partial charge in [0.1, 0.15) is 30.2 Å². The summed E-state index contributed by atoms with van der Waals surface area (Å²) in [5.74, 6) is -0.498. The predicted octanol–water partition coefficient (Wildman–Crippen LogP) is -3.65. The van der Waals surface area contributed by atoms with Crippen molar-refractivity contribution in [2.75, 3.05) is 25.6 Å². The fourth-order valence-corrected chi connectivity index (χ4v) is 3.73. The van der Waals surface area contributed by atoms with Crippen molar-refractivity contribution in [3.8, 4) is 0 Å². The normalized spacial score (nSPS) is 40.2. The van der Waals surface area contributed by atoms with E-state index in [9.17, 15) is 30.3 Å². The van der Waals surface area contributed by atoms with Gasteiger partial charge < -0.3 is 40.7 Å². The number of aromatic nitrogens is 2. The van der Waals surface area contributed by atoms with Gasteiger partial charge in [0.15, 0.2) is 0 Å². The van der Waals surface area contributed by atoms with Gasteiger partial charge in [-0.2, -0.15) is 4.98 Å². The van der Waals surface area contributed by atoms with Crippen LogP contribution in [-0.2, 0) is 15.2 Å². The highest BCUT2D eigenvalue weighted by atomic mass is 16.6. The Hall–Kier alpha value is -1.60. The van der Waals surface area contributed by atoms with Crippen LogP contribution in [-0.4, -0.2) is 85.4 Å². The molecule has 0 bridgehead atoms. The molecule has 11 heteroatoms. The standard InChI is InChI=1S/C15H23N3O8/c16-11-1-2-18(14(24)17-11)15(13(23)12(22)9(6-21)26-15)10-3-7(4-19)8(5-20)25-10/h1-2,7-10,12-13,19-23H,3-6H2,(H2,16,17,24)/t7-,8-,9-,10-,12-,13-,15-/m1/s1. The van der Waals surface area contributed by atoms with E-state index < -0.39 is 54.5 Å². The highest BCUT2D eigenvalue weighted by molar-refractivity contribution is 5.24. The number of aliphatic hydroxyl groups is 5. The van der Waals surface area contributed by atoms with Crippen molar-refractivity contribution in [3.63, 3.8) is 0 Å². The maximum Gasteiger partial charge on any atom is 0.352 e. The zero-order chi connectivity index (χ0) is 19.1. The lowest BCUT2D eigenvalue weighted by molar-refractivity contribution is -0.220. The van der Waals surface area contributed by atoms with Gasteiger partial charge in [-0.15, -0.1) is 0 Å². The molecule has 146 valence electrons. The Morgan fingerprint density at radius 3 is 2.42 bits per heavy atom. The Morgan fingerprint density at radius 2 is 1.92 bits per heavy atom. The fraction of sp³-hybridized carbons (Fsp3) is 0.733. The molecule has 0 radical (unpaired) electrons. The molecule has 3 heterocycles. The first kappa shape index (κ1) is 19.2. The molecule has 26 heavy (non-hydrogen) atoms. The lowest BCUT2D eigenvalue weighted by Gasteiger charge is -2.38. The van der Waals surface area contributed by atoms with Crippen molar-refractivity contribution in [2.45, 2.75) is 42.7 Å². The minimum absolute atomic E-state index is 0.0399. The Balaban J connectivity index is 2.11. The van der Waals surface area contributed by atoms with Gasteiger partial charge in [0.05, 0.1) is 19.3 Å². The third-order valence-corrected chi connectivity index (χ3v) is 5.11. The molecule has 0 spiro atoms. The lowest BCUT2D eigenvalue weighted by Crippen LogP contribution is -2.58. The van der Waals surface area contributed by atoms with Crippen LogP contribution in [0.15, 0.2) is 17.1 Å². The number of hydrogen-bond acceptors (Lipinski definition) is 10. The van der Waals surface area contributed by atoms with Gasteiger partial charge in [0.25, 0.3) is 0 Å². The molecular weight excluding hydrogens is 350 g/mol. The van der Waals surface area contributed by atoms with E-state index in [1.165, 1.54) is 12.3 Å². The monoisotopic (exact) mass is 373 g/mol. The molecule has 11 nitrogen and oxygen atoms in total. The molecule has 1 aromatic heterocycles. The van der Waals surface area contributed by atoms with Crippen molar-refractivity contribution in [2.24, 2.45) is 5.92 Å². The first-order valence-electron chi connectivity index (χ1n) is 8.26. The van der Waals surface area contributed by atoms with Crippen LogP contribution < -0.4 is 11.4 Å². The van der Waals surface area contributed by atoms with Crippen LogP contribution in [0.1, 0.15) is 6.42 Å². The lowest BCUT2D eigenvalue weighted by atomic mass is 9.91. The quantitative estimate of drug-likeness (QED) is 0.301. The van der Waals surface area contributed by atoms with Gasteiger partial charge in [0, 0.05) is 18.7 Å². The van der Waals surface area contributed by atoms with E-state index in [1.807, 2.05) is 0 Å². The number of hydrogen-bond donors (Lipinski definition) is 6. The zero-order valence-corrected chi connectivity index (χ0v) is 13.9. The van der Waals surface area contributed by atoms with E-state index in [1.54, 1.807) is 0 Å². The average Bonchev–Trinajstić information content (AvgIpc) is 3.16. The molecule has 2 aliphatic heterocycles. The molecule has 3 rings (SSSR count). The Kier molecular flexibility index (Phi) is 5.30. The molecule has 2 aliphatic rings.